The SMILES string of the molecule is Nc1cc(F)ccc1NCCC1CCCCO1. The van der Waals surface area contributed by atoms with Crippen LogP contribution in [-0.2, 0) is 4.74 Å². The van der Waals surface area contributed by atoms with Crippen LogP contribution in [-0.4, -0.2) is 19.3 Å². The summed E-state index contributed by atoms with van der Waals surface area (Å²) >= 11 is 0. The van der Waals surface area contributed by atoms with E-state index in [0.717, 1.165) is 31.7 Å². The molecule has 1 unspecified atom stereocenters. The van der Waals surface area contributed by atoms with Crippen LogP contribution in [0, 0.1) is 5.82 Å². The highest BCUT2D eigenvalue weighted by molar-refractivity contribution is 5.65. The highest BCUT2D eigenvalue weighted by Crippen LogP contribution is 2.20. The first-order chi connectivity index (χ1) is 8.25. The lowest BCUT2D eigenvalue weighted by atomic mass is 10.1. The van der Waals surface area contributed by atoms with E-state index in [-0.39, 0.29) is 5.82 Å². The number of rotatable bonds is 4. The van der Waals surface area contributed by atoms with E-state index in [0.29, 0.717) is 11.8 Å². The van der Waals surface area contributed by atoms with E-state index >= 15 is 0 Å². The van der Waals surface area contributed by atoms with Gasteiger partial charge in [0.25, 0.3) is 0 Å². The van der Waals surface area contributed by atoms with Gasteiger partial charge >= 0.3 is 0 Å². The molecule has 94 valence electrons. The van der Waals surface area contributed by atoms with Crippen LogP contribution in [0.1, 0.15) is 25.7 Å². The third-order valence-electron chi connectivity index (χ3n) is 3.07. The predicted octanol–water partition coefficient (Wildman–Crippen LogP) is 2.78. The molecule has 0 bridgehead atoms. The van der Waals surface area contributed by atoms with Crippen molar-refractivity contribution in [3.8, 4) is 0 Å². The Balaban J connectivity index is 1.77. The second-order valence-corrected chi connectivity index (χ2v) is 4.44. The lowest BCUT2D eigenvalue weighted by molar-refractivity contribution is 0.0134. The Morgan fingerprint density at radius 1 is 1.41 bits per heavy atom. The third-order valence-corrected chi connectivity index (χ3v) is 3.07. The average Bonchev–Trinajstić information content (AvgIpc) is 2.33. The minimum Gasteiger partial charge on any atom is -0.397 e. The molecular weight excluding hydrogens is 219 g/mol. The average molecular weight is 238 g/mol. The fourth-order valence-corrected chi connectivity index (χ4v) is 2.10. The fourth-order valence-electron chi connectivity index (χ4n) is 2.10. The monoisotopic (exact) mass is 238 g/mol. The van der Waals surface area contributed by atoms with Crippen LogP contribution in [0.15, 0.2) is 18.2 Å². The van der Waals surface area contributed by atoms with Gasteiger partial charge in [0.05, 0.1) is 17.5 Å². The highest BCUT2D eigenvalue weighted by Gasteiger charge is 2.13. The molecule has 0 spiro atoms. The van der Waals surface area contributed by atoms with Gasteiger partial charge in [0, 0.05) is 13.2 Å². The van der Waals surface area contributed by atoms with Crippen molar-refractivity contribution in [2.24, 2.45) is 0 Å². The summed E-state index contributed by atoms with van der Waals surface area (Å²) in [6.07, 6.45) is 4.90. The molecule has 1 atom stereocenters. The zero-order valence-corrected chi connectivity index (χ0v) is 9.92. The Labute approximate surface area is 101 Å². The number of nitrogens with two attached hydrogens (primary N) is 1. The maximum absolute atomic E-state index is 12.8. The molecule has 1 aromatic rings. The number of hydrogen-bond donors (Lipinski definition) is 2. The number of nitrogens with one attached hydrogen (secondary N) is 1. The zero-order chi connectivity index (χ0) is 12.1. The summed E-state index contributed by atoms with van der Waals surface area (Å²) in [6, 6.07) is 4.42. The van der Waals surface area contributed by atoms with Gasteiger partial charge in [-0.3, -0.25) is 0 Å². The lowest BCUT2D eigenvalue weighted by Gasteiger charge is -2.22. The van der Waals surface area contributed by atoms with Gasteiger partial charge in [-0.15, -0.1) is 0 Å². The van der Waals surface area contributed by atoms with Crippen molar-refractivity contribution in [3.05, 3.63) is 24.0 Å². The van der Waals surface area contributed by atoms with Gasteiger partial charge in [-0.25, -0.2) is 4.39 Å². The topological polar surface area (TPSA) is 47.3 Å². The van der Waals surface area contributed by atoms with E-state index in [9.17, 15) is 4.39 Å². The molecule has 0 radical (unpaired) electrons. The first-order valence-electron chi connectivity index (χ1n) is 6.16. The van der Waals surface area contributed by atoms with Crippen molar-refractivity contribution in [2.75, 3.05) is 24.2 Å². The van der Waals surface area contributed by atoms with Crippen LogP contribution in [0.2, 0.25) is 0 Å². The minimum atomic E-state index is -0.302. The number of nitrogen functional groups attached to an aromatic ring is 1. The van der Waals surface area contributed by atoms with Crippen molar-refractivity contribution >= 4 is 11.4 Å². The molecular formula is C13H19FN2O. The Morgan fingerprint density at radius 2 is 2.29 bits per heavy atom. The molecule has 1 aromatic carbocycles. The molecule has 0 aliphatic carbocycles. The van der Waals surface area contributed by atoms with Gasteiger partial charge in [-0.1, -0.05) is 0 Å². The van der Waals surface area contributed by atoms with Crippen molar-refractivity contribution in [1.82, 2.24) is 0 Å². The van der Waals surface area contributed by atoms with Gasteiger partial charge in [-0.05, 0) is 43.9 Å². The molecule has 2 rings (SSSR count). The van der Waals surface area contributed by atoms with Crippen molar-refractivity contribution < 1.29 is 9.13 Å². The summed E-state index contributed by atoms with van der Waals surface area (Å²) in [7, 11) is 0. The Hall–Kier alpha value is -1.29. The Morgan fingerprint density at radius 3 is 3.00 bits per heavy atom. The zero-order valence-electron chi connectivity index (χ0n) is 9.92. The van der Waals surface area contributed by atoms with Crippen LogP contribution < -0.4 is 11.1 Å². The van der Waals surface area contributed by atoms with Crippen LogP contribution in [0.3, 0.4) is 0 Å². The van der Waals surface area contributed by atoms with Gasteiger partial charge in [0.15, 0.2) is 0 Å². The first kappa shape index (κ1) is 12.2. The fraction of sp³-hybridized carbons (Fsp3) is 0.538. The molecule has 17 heavy (non-hydrogen) atoms. The molecule has 1 saturated heterocycles. The first-order valence-corrected chi connectivity index (χ1v) is 6.16. The smallest absolute Gasteiger partial charge is 0.125 e. The van der Waals surface area contributed by atoms with E-state index in [1.807, 2.05) is 0 Å². The summed E-state index contributed by atoms with van der Waals surface area (Å²) in [5.41, 5.74) is 6.95. The van der Waals surface area contributed by atoms with E-state index in [2.05, 4.69) is 5.32 Å². The summed E-state index contributed by atoms with van der Waals surface area (Å²) < 4.78 is 18.5. The van der Waals surface area contributed by atoms with E-state index in [4.69, 9.17) is 10.5 Å². The van der Waals surface area contributed by atoms with Crippen molar-refractivity contribution in [3.63, 3.8) is 0 Å². The quantitative estimate of drug-likeness (QED) is 0.793. The van der Waals surface area contributed by atoms with E-state index < -0.39 is 0 Å². The number of benzene rings is 1. The van der Waals surface area contributed by atoms with Crippen LogP contribution in [0.4, 0.5) is 15.8 Å². The summed E-state index contributed by atoms with van der Waals surface area (Å²) in [6.45, 7) is 1.68. The molecule has 0 aromatic heterocycles. The lowest BCUT2D eigenvalue weighted by Crippen LogP contribution is -2.22. The minimum absolute atomic E-state index is 0.302. The number of ether oxygens (including phenoxy) is 1. The van der Waals surface area contributed by atoms with Crippen molar-refractivity contribution in [1.29, 1.82) is 0 Å². The second-order valence-electron chi connectivity index (χ2n) is 4.44. The largest absolute Gasteiger partial charge is 0.397 e. The molecule has 1 heterocycles. The maximum atomic E-state index is 12.8. The summed E-state index contributed by atoms with van der Waals surface area (Å²) in [5.74, 6) is -0.302. The van der Waals surface area contributed by atoms with Gasteiger partial charge in [0.1, 0.15) is 5.82 Å². The number of halogens is 1. The molecule has 4 heteroatoms. The second kappa shape index (κ2) is 5.87. The predicted molar refractivity (Wildman–Crippen MR) is 67.5 cm³/mol. The summed E-state index contributed by atoms with van der Waals surface area (Å²) in [5, 5.41) is 3.22. The Bertz CT molecular complexity index is 364. The standard InChI is InChI=1S/C13H19FN2O/c14-10-4-5-13(12(15)9-10)16-7-6-11-3-1-2-8-17-11/h4-5,9,11,16H,1-3,6-8,15H2. The van der Waals surface area contributed by atoms with Gasteiger partial charge in [-0.2, -0.15) is 0 Å². The molecule has 1 aliphatic rings. The van der Waals surface area contributed by atoms with Gasteiger partial charge in [0.2, 0.25) is 0 Å². The highest BCUT2D eigenvalue weighted by atomic mass is 19.1. The van der Waals surface area contributed by atoms with E-state index in [1.165, 1.54) is 25.0 Å². The maximum Gasteiger partial charge on any atom is 0.125 e. The van der Waals surface area contributed by atoms with Crippen molar-refractivity contribution in [2.45, 2.75) is 31.8 Å². The molecule has 1 aliphatic heterocycles. The molecule has 3 N–H and O–H groups in total. The van der Waals surface area contributed by atoms with Crippen LogP contribution in [0.5, 0.6) is 0 Å². The molecule has 1 fully saturated rings. The third kappa shape index (κ3) is 3.60. The molecule has 0 amide bonds. The van der Waals surface area contributed by atoms with Gasteiger partial charge < -0.3 is 15.8 Å². The van der Waals surface area contributed by atoms with Crippen LogP contribution >= 0.6 is 0 Å². The van der Waals surface area contributed by atoms with Crippen LogP contribution in [0.25, 0.3) is 0 Å². The summed E-state index contributed by atoms with van der Waals surface area (Å²) in [4.78, 5) is 0. The Kier molecular flexibility index (Phi) is 4.20. The number of hydrogen-bond acceptors (Lipinski definition) is 3. The number of anilines is 2. The molecule has 3 nitrogen and oxygen atoms in total. The normalized spacial score (nSPS) is 20.2. The molecule has 0 saturated carbocycles. The van der Waals surface area contributed by atoms with E-state index in [1.54, 1.807) is 6.07 Å².